The predicted octanol–water partition coefficient (Wildman–Crippen LogP) is 3.76. The minimum Gasteiger partial charge on any atom is -0.454 e. The third kappa shape index (κ3) is 4.22. The van der Waals surface area contributed by atoms with Crippen LogP contribution in [0, 0.1) is 6.92 Å². The summed E-state index contributed by atoms with van der Waals surface area (Å²) in [5.41, 5.74) is 3.01. The largest absolute Gasteiger partial charge is 0.454 e. The standard InChI is InChI=1S/C18H17ClN2O4/c1-11-3-5-14(8-15(11)19)20-18(22)9-25-21-12(2)13-4-6-16-17(7-13)24-10-23-16/h3-8H,9-10H2,1-2H3,(H,20,22)/b21-12-. The van der Waals surface area contributed by atoms with E-state index in [9.17, 15) is 4.79 Å². The van der Waals surface area contributed by atoms with Gasteiger partial charge < -0.3 is 19.6 Å². The Hall–Kier alpha value is -2.73. The third-order valence-corrected chi connectivity index (χ3v) is 4.05. The van der Waals surface area contributed by atoms with Crippen molar-refractivity contribution in [2.24, 2.45) is 5.16 Å². The molecule has 25 heavy (non-hydrogen) atoms. The molecule has 1 aliphatic heterocycles. The molecule has 1 N–H and O–H groups in total. The van der Waals surface area contributed by atoms with Crippen molar-refractivity contribution in [1.82, 2.24) is 0 Å². The van der Waals surface area contributed by atoms with Crippen molar-refractivity contribution in [1.29, 1.82) is 0 Å². The monoisotopic (exact) mass is 360 g/mol. The first kappa shape index (κ1) is 17.1. The topological polar surface area (TPSA) is 69.2 Å². The number of fused-ring (bicyclic) bond motifs is 1. The second kappa shape index (κ2) is 7.44. The van der Waals surface area contributed by atoms with Crippen LogP contribution < -0.4 is 14.8 Å². The van der Waals surface area contributed by atoms with Crippen molar-refractivity contribution in [3.8, 4) is 11.5 Å². The number of oxime groups is 1. The van der Waals surface area contributed by atoms with Gasteiger partial charge in [0.25, 0.3) is 5.91 Å². The summed E-state index contributed by atoms with van der Waals surface area (Å²) in [5, 5.41) is 7.26. The Morgan fingerprint density at radius 3 is 2.84 bits per heavy atom. The summed E-state index contributed by atoms with van der Waals surface area (Å²) < 4.78 is 10.6. The SMILES string of the molecule is C/C(=N/OCC(=O)Nc1ccc(C)c(Cl)c1)c1ccc2c(c1)OCO2. The first-order valence-corrected chi connectivity index (χ1v) is 8.03. The van der Waals surface area contributed by atoms with Crippen molar-refractivity contribution in [2.45, 2.75) is 13.8 Å². The van der Waals surface area contributed by atoms with Gasteiger partial charge in [-0.25, -0.2) is 0 Å². The quantitative estimate of drug-likeness (QED) is 0.651. The lowest BCUT2D eigenvalue weighted by Gasteiger charge is -2.07. The number of amides is 1. The maximum absolute atomic E-state index is 11.9. The highest BCUT2D eigenvalue weighted by molar-refractivity contribution is 6.31. The van der Waals surface area contributed by atoms with E-state index in [-0.39, 0.29) is 19.3 Å². The summed E-state index contributed by atoms with van der Waals surface area (Å²) in [6.07, 6.45) is 0. The van der Waals surface area contributed by atoms with Gasteiger partial charge in [0.05, 0.1) is 5.71 Å². The van der Waals surface area contributed by atoms with Gasteiger partial charge in [0, 0.05) is 16.3 Å². The van der Waals surface area contributed by atoms with Crippen LogP contribution in [-0.2, 0) is 9.63 Å². The molecule has 0 radical (unpaired) electrons. The molecule has 0 bridgehead atoms. The second-order valence-electron chi connectivity index (χ2n) is 5.53. The molecule has 2 aromatic carbocycles. The van der Waals surface area contributed by atoms with Crippen molar-refractivity contribution in [3.63, 3.8) is 0 Å². The van der Waals surface area contributed by atoms with E-state index in [0.29, 0.717) is 27.9 Å². The molecule has 0 unspecified atom stereocenters. The summed E-state index contributed by atoms with van der Waals surface area (Å²) in [6, 6.07) is 10.8. The van der Waals surface area contributed by atoms with Crippen LogP contribution in [0.15, 0.2) is 41.6 Å². The lowest BCUT2D eigenvalue weighted by molar-refractivity contribution is -0.120. The number of benzene rings is 2. The van der Waals surface area contributed by atoms with Crippen LogP contribution in [0.3, 0.4) is 0 Å². The zero-order chi connectivity index (χ0) is 17.8. The second-order valence-corrected chi connectivity index (χ2v) is 5.94. The van der Waals surface area contributed by atoms with Gasteiger partial charge in [0.15, 0.2) is 18.1 Å². The first-order chi connectivity index (χ1) is 12.0. The Balaban J connectivity index is 1.54. The lowest BCUT2D eigenvalue weighted by atomic mass is 10.1. The fourth-order valence-electron chi connectivity index (χ4n) is 2.23. The molecule has 2 aromatic rings. The number of anilines is 1. The molecule has 0 aliphatic carbocycles. The van der Waals surface area contributed by atoms with E-state index < -0.39 is 0 Å². The van der Waals surface area contributed by atoms with E-state index in [4.69, 9.17) is 25.9 Å². The highest BCUT2D eigenvalue weighted by atomic mass is 35.5. The zero-order valence-electron chi connectivity index (χ0n) is 13.8. The molecule has 0 aromatic heterocycles. The van der Waals surface area contributed by atoms with Gasteiger partial charge in [0.2, 0.25) is 6.79 Å². The minimum atomic E-state index is -0.317. The predicted molar refractivity (Wildman–Crippen MR) is 95.5 cm³/mol. The van der Waals surface area contributed by atoms with Gasteiger partial charge in [-0.2, -0.15) is 0 Å². The summed E-state index contributed by atoms with van der Waals surface area (Å²) in [7, 11) is 0. The number of hydrogen-bond acceptors (Lipinski definition) is 5. The van der Waals surface area contributed by atoms with Crippen LogP contribution in [0.1, 0.15) is 18.1 Å². The van der Waals surface area contributed by atoms with Crippen molar-refractivity contribution in [3.05, 3.63) is 52.5 Å². The van der Waals surface area contributed by atoms with Crippen LogP contribution in [0.5, 0.6) is 11.5 Å². The Kier molecular flexibility index (Phi) is 5.09. The van der Waals surface area contributed by atoms with Crippen molar-refractivity contribution < 1.29 is 19.1 Å². The number of nitrogens with one attached hydrogen (secondary N) is 1. The van der Waals surface area contributed by atoms with E-state index in [0.717, 1.165) is 11.1 Å². The van der Waals surface area contributed by atoms with Crippen LogP contribution in [-0.4, -0.2) is 25.0 Å². The molecule has 0 saturated carbocycles. The molecular weight excluding hydrogens is 344 g/mol. The maximum atomic E-state index is 11.9. The van der Waals surface area contributed by atoms with E-state index >= 15 is 0 Å². The zero-order valence-corrected chi connectivity index (χ0v) is 14.6. The highest BCUT2D eigenvalue weighted by Gasteiger charge is 2.14. The Bertz CT molecular complexity index is 836. The van der Waals surface area contributed by atoms with Gasteiger partial charge in [-0.15, -0.1) is 0 Å². The molecule has 0 atom stereocenters. The number of aryl methyl sites for hydroxylation is 1. The first-order valence-electron chi connectivity index (χ1n) is 7.65. The average molecular weight is 361 g/mol. The molecule has 1 heterocycles. The van der Waals surface area contributed by atoms with Crippen molar-refractivity contribution >= 4 is 28.9 Å². The van der Waals surface area contributed by atoms with Gasteiger partial charge in [-0.05, 0) is 49.7 Å². The van der Waals surface area contributed by atoms with Gasteiger partial charge in [0.1, 0.15) is 0 Å². The minimum absolute atomic E-state index is 0.201. The van der Waals surface area contributed by atoms with Crippen LogP contribution >= 0.6 is 11.6 Å². The molecule has 0 fully saturated rings. The molecule has 0 saturated heterocycles. The summed E-state index contributed by atoms with van der Waals surface area (Å²) >= 11 is 6.03. The molecule has 3 rings (SSSR count). The van der Waals surface area contributed by atoms with Crippen LogP contribution in [0.4, 0.5) is 5.69 Å². The Morgan fingerprint density at radius 1 is 1.24 bits per heavy atom. The van der Waals surface area contributed by atoms with Gasteiger partial charge >= 0.3 is 0 Å². The summed E-state index contributed by atoms with van der Waals surface area (Å²) in [5.74, 6) is 1.05. The maximum Gasteiger partial charge on any atom is 0.265 e. The number of carbonyl (C=O) groups excluding carboxylic acids is 1. The van der Waals surface area contributed by atoms with E-state index in [2.05, 4.69) is 10.5 Å². The molecule has 7 heteroatoms. The van der Waals surface area contributed by atoms with E-state index in [1.807, 2.05) is 31.2 Å². The number of halogens is 1. The number of carbonyl (C=O) groups is 1. The Morgan fingerprint density at radius 2 is 2.04 bits per heavy atom. The van der Waals surface area contributed by atoms with Gasteiger partial charge in [-0.3, -0.25) is 4.79 Å². The smallest absolute Gasteiger partial charge is 0.265 e. The molecule has 0 spiro atoms. The highest BCUT2D eigenvalue weighted by Crippen LogP contribution is 2.32. The normalized spacial score (nSPS) is 12.8. The Labute approximate surface area is 150 Å². The molecule has 1 amide bonds. The van der Waals surface area contributed by atoms with Gasteiger partial charge in [-0.1, -0.05) is 22.8 Å². The molecule has 130 valence electrons. The van der Waals surface area contributed by atoms with Crippen molar-refractivity contribution in [2.75, 3.05) is 18.7 Å². The lowest BCUT2D eigenvalue weighted by Crippen LogP contribution is -2.17. The third-order valence-electron chi connectivity index (χ3n) is 3.64. The molecule has 1 aliphatic rings. The summed E-state index contributed by atoms with van der Waals surface area (Å²) in [6.45, 7) is 3.70. The fraction of sp³-hybridized carbons (Fsp3) is 0.222. The number of ether oxygens (including phenoxy) is 2. The molecule has 6 nitrogen and oxygen atoms in total. The van der Waals surface area contributed by atoms with E-state index in [1.54, 1.807) is 19.1 Å². The number of rotatable bonds is 5. The van der Waals surface area contributed by atoms with E-state index in [1.165, 1.54) is 0 Å². The molecular formula is C18H17ClN2O4. The van der Waals surface area contributed by atoms with Crippen LogP contribution in [0.25, 0.3) is 0 Å². The summed E-state index contributed by atoms with van der Waals surface area (Å²) in [4.78, 5) is 17.0. The fourth-order valence-corrected chi connectivity index (χ4v) is 2.41. The van der Waals surface area contributed by atoms with Crippen LogP contribution in [0.2, 0.25) is 5.02 Å². The average Bonchev–Trinajstić information content (AvgIpc) is 3.05. The number of hydrogen-bond donors (Lipinski definition) is 1. The number of nitrogens with zero attached hydrogens (tertiary/aromatic N) is 1.